The smallest absolute Gasteiger partial charge is 0.316 e. The Morgan fingerprint density at radius 3 is 2.59 bits per heavy atom. The van der Waals surface area contributed by atoms with E-state index in [0.717, 1.165) is 0 Å². The summed E-state index contributed by atoms with van der Waals surface area (Å²) in [6.07, 6.45) is 0. The summed E-state index contributed by atoms with van der Waals surface area (Å²) in [6.45, 7) is 7.18. The first kappa shape index (κ1) is 13.4. The first-order valence-electron chi connectivity index (χ1n) is 5.70. The van der Waals surface area contributed by atoms with Gasteiger partial charge >= 0.3 is 6.01 Å². The highest BCUT2D eigenvalue weighted by molar-refractivity contribution is 5.83. The van der Waals surface area contributed by atoms with Crippen LogP contribution in [-0.2, 0) is 11.3 Å². The number of hydrogen-bond donors (Lipinski definition) is 2. The highest BCUT2D eigenvalue weighted by atomic mass is 16.4. The lowest BCUT2D eigenvalue weighted by atomic mass is 10.3. The molecule has 0 aromatic carbocycles. The van der Waals surface area contributed by atoms with Crippen LogP contribution in [0.25, 0.3) is 0 Å². The van der Waals surface area contributed by atoms with Crippen LogP contribution in [0.4, 0.5) is 6.01 Å². The van der Waals surface area contributed by atoms with Crippen molar-refractivity contribution in [3.8, 4) is 0 Å². The molecule has 1 aromatic heterocycles. The van der Waals surface area contributed by atoms with Crippen molar-refractivity contribution in [3.63, 3.8) is 0 Å². The molecule has 1 atom stereocenters. The van der Waals surface area contributed by atoms with Crippen LogP contribution >= 0.6 is 0 Å². The van der Waals surface area contributed by atoms with Crippen LogP contribution in [0.3, 0.4) is 0 Å². The van der Waals surface area contributed by atoms with Crippen molar-refractivity contribution in [2.24, 2.45) is 5.73 Å². The third kappa shape index (κ3) is 3.42. The van der Waals surface area contributed by atoms with Crippen molar-refractivity contribution < 1.29 is 9.21 Å². The van der Waals surface area contributed by atoms with E-state index < -0.39 is 6.04 Å². The maximum Gasteiger partial charge on any atom is 0.316 e. The molecule has 1 rings (SSSR count). The Labute approximate surface area is 100 Å². The maximum atomic E-state index is 11.9. The summed E-state index contributed by atoms with van der Waals surface area (Å²) in [4.78, 5) is 13.7. The molecule has 3 N–H and O–H groups in total. The lowest BCUT2D eigenvalue weighted by Crippen LogP contribution is -2.41. The van der Waals surface area contributed by atoms with Gasteiger partial charge in [-0.2, -0.15) is 0 Å². The Bertz CT molecular complexity index is 361. The van der Waals surface area contributed by atoms with Gasteiger partial charge in [-0.05, 0) is 20.8 Å². The Balaban J connectivity index is 2.58. The van der Waals surface area contributed by atoms with Crippen molar-refractivity contribution in [2.75, 3.05) is 18.4 Å². The number of carbonyl (C=O) groups excluding carboxylic acids is 1. The molecule has 0 bridgehead atoms. The molecule has 7 nitrogen and oxygen atoms in total. The molecule has 1 unspecified atom stereocenters. The van der Waals surface area contributed by atoms with Crippen LogP contribution in [0.2, 0.25) is 0 Å². The van der Waals surface area contributed by atoms with Crippen molar-refractivity contribution >= 4 is 11.9 Å². The average molecular weight is 241 g/mol. The van der Waals surface area contributed by atoms with E-state index in [2.05, 4.69) is 15.5 Å². The van der Waals surface area contributed by atoms with Crippen LogP contribution in [0.15, 0.2) is 4.42 Å². The number of likely N-dealkylation sites (N-methyl/N-ethyl adjacent to an activating group) is 1. The molecule has 0 fully saturated rings. The highest BCUT2D eigenvalue weighted by Gasteiger charge is 2.19. The first-order valence-corrected chi connectivity index (χ1v) is 5.70. The molecular formula is C10H19N5O2. The van der Waals surface area contributed by atoms with Gasteiger partial charge in [-0.1, -0.05) is 5.10 Å². The van der Waals surface area contributed by atoms with Crippen LogP contribution in [-0.4, -0.2) is 40.1 Å². The molecule has 17 heavy (non-hydrogen) atoms. The third-order valence-electron chi connectivity index (χ3n) is 2.43. The van der Waals surface area contributed by atoms with Gasteiger partial charge < -0.3 is 20.4 Å². The molecular weight excluding hydrogens is 222 g/mol. The van der Waals surface area contributed by atoms with Crippen LogP contribution in [0, 0.1) is 0 Å². The zero-order valence-corrected chi connectivity index (χ0v) is 10.4. The van der Waals surface area contributed by atoms with Crippen molar-refractivity contribution in [2.45, 2.75) is 33.4 Å². The van der Waals surface area contributed by atoms with Crippen LogP contribution in [0.5, 0.6) is 0 Å². The number of amides is 1. The Morgan fingerprint density at radius 1 is 1.47 bits per heavy atom. The monoisotopic (exact) mass is 241 g/mol. The topological polar surface area (TPSA) is 97.3 Å². The minimum absolute atomic E-state index is 0.00231. The molecule has 0 spiro atoms. The van der Waals surface area contributed by atoms with Crippen molar-refractivity contribution in [3.05, 3.63) is 5.89 Å². The summed E-state index contributed by atoms with van der Waals surface area (Å²) in [6, 6.07) is -0.181. The standard InChI is InChI=1S/C10H19N5O2/c1-4-15(5-2)9(16)7(3)12-10-14-13-8(6-11)17-10/h7H,4-6,11H2,1-3H3,(H,12,14). The van der Waals surface area contributed by atoms with Gasteiger partial charge in [0.1, 0.15) is 6.04 Å². The van der Waals surface area contributed by atoms with E-state index in [4.69, 9.17) is 10.2 Å². The van der Waals surface area contributed by atoms with E-state index in [1.54, 1.807) is 11.8 Å². The van der Waals surface area contributed by atoms with Gasteiger partial charge in [0.25, 0.3) is 0 Å². The van der Waals surface area contributed by atoms with Gasteiger partial charge in [0.05, 0.1) is 6.54 Å². The number of nitrogens with two attached hydrogens (primary N) is 1. The third-order valence-corrected chi connectivity index (χ3v) is 2.43. The van der Waals surface area contributed by atoms with E-state index in [1.165, 1.54) is 0 Å². The van der Waals surface area contributed by atoms with E-state index in [9.17, 15) is 4.79 Å². The minimum Gasteiger partial charge on any atom is -0.407 e. The average Bonchev–Trinajstić information content (AvgIpc) is 2.78. The van der Waals surface area contributed by atoms with E-state index in [-0.39, 0.29) is 18.5 Å². The molecule has 7 heteroatoms. The summed E-state index contributed by atoms with van der Waals surface area (Å²) in [7, 11) is 0. The molecule has 1 aromatic rings. The zero-order chi connectivity index (χ0) is 12.8. The summed E-state index contributed by atoms with van der Waals surface area (Å²) >= 11 is 0. The summed E-state index contributed by atoms with van der Waals surface area (Å²) < 4.78 is 5.17. The maximum absolute atomic E-state index is 11.9. The van der Waals surface area contributed by atoms with Crippen molar-refractivity contribution in [1.29, 1.82) is 0 Å². The predicted molar refractivity (Wildman–Crippen MR) is 63.2 cm³/mol. The molecule has 0 aliphatic rings. The van der Waals surface area contributed by atoms with E-state index in [1.807, 2.05) is 13.8 Å². The second-order valence-electron chi connectivity index (χ2n) is 3.58. The van der Waals surface area contributed by atoms with E-state index in [0.29, 0.717) is 19.0 Å². The molecule has 96 valence electrons. The van der Waals surface area contributed by atoms with Crippen LogP contribution < -0.4 is 11.1 Å². The molecule has 1 amide bonds. The molecule has 1 heterocycles. The number of carbonyl (C=O) groups is 1. The first-order chi connectivity index (χ1) is 8.12. The molecule has 0 saturated carbocycles. The fourth-order valence-electron chi connectivity index (χ4n) is 1.45. The number of aromatic nitrogens is 2. The molecule has 0 aliphatic carbocycles. The van der Waals surface area contributed by atoms with Crippen LogP contribution in [0.1, 0.15) is 26.7 Å². The number of hydrogen-bond acceptors (Lipinski definition) is 6. The predicted octanol–water partition coefficient (Wildman–Crippen LogP) is 0.197. The Kier molecular flexibility index (Phi) is 4.89. The summed E-state index contributed by atoms with van der Waals surface area (Å²) in [5.74, 6) is 0.345. The van der Waals surface area contributed by atoms with Gasteiger partial charge in [0.2, 0.25) is 11.8 Å². The minimum atomic E-state index is -0.402. The number of anilines is 1. The zero-order valence-electron chi connectivity index (χ0n) is 10.4. The fourth-order valence-corrected chi connectivity index (χ4v) is 1.45. The second kappa shape index (κ2) is 6.19. The fraction of sp³-hybridized carbons (Fsp3) is 0.700. The lowest BCUT2D eigenvalue weighted by molar-refractivity contribution is -0.131. The van der Waals surface area contributed by atoms with Gasteiger partial charge in [0.15, 0.2) is 0 Å². The van der Waals surface area contributed by atoms with Gasteiger partial charge in [0, 0.05) is 13.1 Å². The molecule has 0 aliphatic heterocycles. The number of rotatable bonds is 6. The Morgan fingerprint density at radius 2 is 2.12 bits per heavy atom. The highest BCUT2D eigenvalue weighted by Crippen LogP contribution is 2.07. The number of nitrogens with zero attached hydrogens (tertiary/aromatic N) is 3. The van der Waals surface area contributed by atoms with Gasteiger partial charge in [-0.15, -0.1) is 5.10 Å². The number of nitrogens with one attached hydrogen (secondary N) is 1. The van der Waals surface area contributed by atoms with Gasteiger partial charge in [-0.25, -0.2) is 0 Å². The van der Waals surface area contributed by atoms with E-state index >= 15 is 0 Å². The second-order valence-corrected chi connectivity index (χ2v) is 3.58. The lowest BCUT2D eigenvalue weighted by Gasteiger charge is -2.22. The van der Waals surface area contributed by atoms with Gasteiger partial charge in [-0.3, -0.25) is 4.79 Å². The largest absolute Gasteiger partial charge is 0.407 e. The normalized spacial score (nSPS) is 12.2. The Hall–Kier alpha value is -1.63. The van der Waals surface area contributed by atoms with Crippen molar-refractivity contribution in [1.82, 2.24) is 15.1 Å². The molecule has 0 radical (unpaired) electrons. The SMILES string of the molecule is CCN(CC)C(=O)C(C)Nc1nnc(CN)o1. The summed E-state index contributed by atoms with van der Waals surface area (Å²) in [5.41, 5.74) is 5.35. The summed E-state index contributed by atoms with van der Waals surface area (Å²) in [5, 5.41) is 10.3. The molecule has 0 saturated heterocycles. The quantitative estimate of drug-likeness (QED) is 0.738.